The lowest BCUT2D eigenvalue weighted by molar-refractivity contribution is -0.117. The summed E-state index contributed by atoms with van der Waals surface area (Å²) in [5.74, 6) is 0.134. The number of hydrogen-bond donors (Lipinski definition) is 2. The van der Waals surface area contributed by atoms with E-state index in [0.29, 0.717) is 23.6 Å². The monoisotopic (exact) mass is 295 g/mol. The van der Waals surface area contributed by atoms with Crippen LogP contribution in [-0.4, -0.2) is 23.7 Å². The molecule has 2 N–H and O–H groups in total. The largest absolute Gasteiger partial charge is 0.393 e. The molecule has 20 heavy (non-hydrogen) atoms. The van der Waals surface area contributed by atoms with E-state index in [-0.39, 0.29) is 17.9 Å². The maximum absolute atomic E-state index is 12.0. The van der Waals surface area contributed by atoms with Crippen LogP contribution in [0, 0.1) is 5.92 Å². The first kappa shape index (κ1) is 16.7. The normalized spacial score (nSPS) is 14.8. The second-order valence-corrected chi connectivity index (χ2v) is 5.66. The second-order valence-electron chi connectivity index (χ2n) is 5.25. The molecule has 3 nitrogen and oxygen atoms in total. The van der Waals surface area contributed by atoms with Crippen LogP contribution in [0.3, 0.4) is 0 Å². The van der Waals surface area contributed by atoms with E-state index in [1.165, 1.54) is 0 Å². The SMILES string of the molecule is C/C(=C\c1ccccc1Cl)C(=O)NCC(C)CC(C)O. The number of nitrogens with one attached hydrogen (secondary N) is 1. The van der Waals surface area contributed by atoms with Crippen molar-refractivity contribution >= 4 is 23.6 Å². The van der Waals surface area contributed by atoms with Crippen molar-refractivity contribution in [3.63, 3.8) is 0 Å². The van der Waals surface area contributed by atoms with Crippen LogP contribution in [0.2, 0.25) is 5.02 Å². The third kappa shape index (κ3) is 5.76. The lowest BCUT2D eigenvalue weighted by Gasteiger charge is -2.14. The molecule has 2 unspecified atom stereocenters. The van der Waals surface area contributed by atoms with Gasteiger partial charge >= 0.3 is 0 Å². The van der Waals surface area contributed by atoms with Crippen LogP contribution in [0.1, 0.15) is 32.8 Å². The number of benzene rings is 1. The lowest BCUT2D eigenvalue weighted by Crippen LogP contribution is -2.29. The number of carbonyl (C=O) groups excluding carboxylic acids is 1. The lowest BCUT2D eigenvalue weighted by atomic mass is 10.0. The topological polar surface area (TPSA) is 49.3 Å². The molecular weight excluding hydrogens is 274 g/mol. The zero-order chi connectivity index (χ0) is 15.1. The third-order valence-corrected chi connectivity index (χ3v) is 3.33. The zero-order valence-corrected chi connectivity index (χ0v) is 12.9. The van der Waals surface area contributed by atoms with Crippen molar-refractivity contribution in [1.82, 2.24) is 5.32 Å². The molecule has 0 radical (unpaired) electrons. The van der Waals surface area contributed by atoms with Crippen molar-refractivity contribution in [3.05, 3.63) is 40.4 Å². The highest BCUT2D eigenvalue weighted by Gasteiger charge is 2.09. The van der Waals surface area contributed by atoms with Crippen LogP contribution in [0.15, 0.2) is 29.8 Å². The highest BCUT2D eigenvalue weighted by molar-refractivity contribution is 6.32. The van der Waals surface area contributed by atoms with E-state index >= 15 is 0 Å². The Morgan fingerprint density at radius 1 is 1.40 bits per heavy atom. The van der Waals surface area contributed by atoms with E-state index in [9.17, 15) is 9.90 Å². The summed E-state index contributed by atoms with van der Waals surface area (Å²) in [6.07, 6.45) is 2.10. The minimum absolute atomic E-state index is 0.109. The van der Waals surface area contributed by atoms with Crippen LogP contribution < -0.4 is 5.32 Å². The number of aliphatic hydroxyl groups excluding tert-OH is 1. The highest BCUT2D eigenvalue weighted by Crippen LogP contribution is 2.18. The quantitative estimate of drug-likeness (QED) is 0.791. The average Bonchev–Trinajstić information content (AvgIpc) is 2.37. The summed E-state index contributed by atoms with van der Waals surface area (Å²) in [7, 11) is 0. The molecule has 1 aromatic carbocycles. The minimum atomic E-state index is -0.346. The first-order valence-corrected chi connectivity index (χ1v) is 7.17. The van der Waals surface area contributed by atoms with Gasteiger partial charge in [0.2, 0.25) is 5.91 Å². The van der Waals surface area contributed by atoms with Crippen molar-refractivity contribution in [2.45, 2.75) is 33.3 Å². The summed E-state index contributed by atoms with van der Waals surface area (Å²) >= 11 is 6.05. The Kier molecular flexibility index (Phi) is 6.76. The fraction of sp³-hybridized carbons (Fsp3) is 0.438. The summed E-state index contributed by atoms with van der Waals surface area (Å²) < 4.78 is 0. The van der Waals surface area contributed by atoms with Gasteiger partial charge in [-0.3, -0.25) is 4.79 Å². The Morgan fingerprint density at radius 2 is 2.05 bits per heavy atom. The Morgan fingerprint density at radius 3 is 2.65 bits per heavy atom. The summed E-state index contributed by atoms with van der Waals surface area (Å²) in [4.78, 5) is 12.0. The molecule has 0 bridgehead atoms. The number of rotatable bonds is 6. The molecule has 2 atom stereocenters. The maximum atomic E-state index is 12.0. The van der Waals surface area contributed by atoms with Crippen LogP contribution in [0.25, 0.3) is 6.08 Å². The Labute approximate surface area is 125 Å². The Bertz CT molecular complexity index is 483. The summed E-state index contributed by atoms with van der Waals surface area (Å²) in [6.45, 7) is 6.07. The molecule has 4 heteroatoms. The Hall–Kier alpha value is -1.32. The number of amides is 1. The molecule has 0 spiro atoms. The van der Waals surface area contributed by atoms with Gasteiger partial charge in [0.15, 0.2) is 0 Å². The second kappa shape index (κ2) is 8.08. The van der Waals surface area contributed by atoms with Gasteiger partial charge in [0.05, 0.1) is 6.10 Å². The van der Waals surface area contributed by atoms with Crippen molar-refractivity contribution in [2.75, 3.05) is 6.54 Å². The number of hydrogen-bond acceptors (Lipinski definition) is 2. The van der Waals surface area contributed by atoms with E-state index < -0.39 is 0 Å². The van der Waals surface area contributed by atoms with Crippen LogP contribution >= 0.6 is 11.6 Å². The smallest absolute Gasteiger partial charge is 0.246 e. The zero-order valence-electron chi connectivity index (χ0n) is 12.2. The number of halogens is 1. The van der Waals surface area contributed by atoms with E-state index in [4.69, 9.17) is 11.6 Å². The predicted octanol–water partition coefficient (Wildman–Crippen LogP) is 3.27. The first-order chi connectivity index (χ1) is 9.40. The van der Waals surface area contributed by atoms with Gasteiger partial charge in [-0.05, 0) is 43.9 Å². The molecule has 0 aliphatic carbocycles. The summed E-state index contributed by atoms with van der Waals surface area (Å²) in [5, 5.41) is 12.8. The van der Waals surface area contributed by atoms with Gasteiger partial charge < -0.3 is 10.4 Å². The Balaban J connectivity index is 2.57. The van der Waals surface area contributed by atoms with Crippen molar-refractivity contribution in [2.24, 2.45) is 5.92 Å². The molecule has 0 aliphatic heterocycles. The average molecular weight is 296 g/mol. The molecule has 1 aromatic rings. The fourth-order valence-electron chi connectivity index (χ4n) is 1.96. The summed E-state index contributed by atoms with van der Waals surface area (Å²) in [6, 6.07) is 7.40. The maximum Gasteiger partial charge on any atom is 0.246 e. The van der Waals surface area contributed by atoms with Gasteiger partial charge in [-0.25, -0.2) is 0 Å². The molecule has 0 heterocycles. The van der Waals surface area contributed by atoms with E-state index in [1.807, 2.05) is 25.1 Å². The standard InChI is InChI=1S/C16H22ClNO2/c1-11(8-13(3)19)10-18-16(20)12(2)9-14-6-4-5-7-15(14)17/h4-7,9,11,13,19H,8,10H2,1-3H3,(H,18,20)/b12-9+. The van der Waals surface area contributed by atoms with E-state index in [0.717, 1.165) is 5.56 Å². The van der Waals surface area contributed by atoms with E-state index in [2.05, 4.69) is 5.32 Å². The van der Waals surface area contributed by atoms with Crippen LogP contribution in [0.5, 0.6) is 0 Å². The first-order valence-electron chi connectivity index (χ1n) is 6.79. The number of carbonyl (C=O) groups is 1. The molecule has 0 fully saturated rings. The van der Waals surface area contributed by atoms with Crippen molar-refractivity contribution in [1.29, 1.82) is 0 Å². The van der Waals surface area contributed by atoms with Crippen molar-refractivity contribution < 1.29 is 9.90 Å². The summed E-state index contributed by atoms with van der Waals surface area (Å²) in [5.41, 5.74) is 1.45. The molecule has 110 valence electrons. The fourth-order valence-corrected chi connectivity index (χ4v) is 2.15. The van der Waals surface area contributed by atoms with Gasteiger partial charge in [0, 0.05) is 17.1 Å². The highest BCUT2D eigenvalue weighted by atomic mass is 35.5. The predicted molar refractivity (Wildman–Crippen MR) is 83.6 cm³/mol. The van der Waals surface area contributed by atoms with Gasteiger partial charge in [-0.1, -0.05) is 36.7 Å². The van der Waals surface area contributed by atoms with Gasteiger partial charge in [0.25, 0.3) is 0 Å². The molecule has 1 rings (SSSR count). The van der Waals surface area contributed by atoms with Crippen molar-refractivity contribution in [3.8, 4) is 0 Å². The molecule has 0 saturated carbocycles. The molecular formula is C16H22ClNO2. The molecule has 0 aliphatic rings. The van der Waals surface area contributed by atoms with Gasteiger partial charge in [-0.15, -0.1) is 0 Å². The van der Waals surface area contributed by atoms with Gasteiger partial charge in [0.1, 0.15) is 0 Å². The minimum Gasteiger partial charge on any atom is -0.393 e. The van der Waals surface area contributed by atoms with E-state index in [1.54, 1.807) is 26.0 Å². The van der Waals surface area contributed by atoms with Crippen LogP contribution in [0.4, 0.5) is 0 Å². The molecule has 0 aromatic heterocycles. The van der Waals surface area contributed by atoms with Gasteiger partial charge in [-0.2, -0.15) is 0 Å². The van der Waals surface area contributed by atoms with Crippen LogP contribution in [-0.2, 0) is 4.79 Å². The number of aliphatic hydroxyl groups is 1. The molecule has 1 amide bonds. The molecule has 0 saturated heterocycles. The third-order valence-electron chi connectivity index (χ3n) is 2.99.